The van der Waals surface area contributed by atoms with E-state index in [1.165, 1.54) is 0 Å². The molecule has 7 nitrogen and oxygen atoms in total. The molecule has 0 unspecified atom stereocenters. The molecule has 25 heavy (non-hydrogen) atoms. The third-order valence-electron chi connectivity index (χ3n) is 3.45. The fourth-order valence-electron chi connectivity index (χ4n) is 2.27. The Kier molecular flexibility index (Phi) is 4.84. The summed E-state index contributed by atoms with van der Waals surface area (Å²) in [6, 6.07) is 15.9. The van der Waals surface area contributed by atoms with Gasteiger partial charge in [0.25, 0.3) is 5.91 Å². The predicted molar refractivity (Wildman–Crippen MR) is 94.0 cm³/mol. The summed E-state index contributed by atoms with van der Waals surface area (Å²) in [6.07, 6.45) is 0. The average molecular weight is 335 g/mol. The number of anilines is 1. The lowest BCUT2D eigenvalue weighted by atomic mass is 10.2. The van der Waals surface area contributed by atoms with Crippen LogP contribution in [0.4, 0.5) is 5.69 Å². The summed E-state index contributed by atoms with van der Waals surface area (Å²) in [5.41, 5.74) is 1.91. The van der Waals surface area contributed by atoms with Crippen molar-refractivity contribution in [2.75, 3.05) is 11.9 Å². The van der Waals surface area contributed by atoms with E-state index in [1.54, 1.807) is 42.5 Å². The van der Waals surface area contributed by atoms with Gasteiger partial charge in [-0.15, -0.1) is 0 Å². The number of amides is 2. The van der Waals surface area contributed by atoms with E-state index in [9.17, 15) is 9.59 Å². The minimum absolute atomic E-state index is 0.113. The Labute approximate surface area is 144 Å². The fourth-order valence-corrected chi connectivity index (χ4v) is 2.27. The van der Waals surface area contributed by atoms with Crippen LogP contribution in [-0.2, 0) is 4.79 Å². The van der Waals surface area contributed by atoms with Crippen molar-refractivity contribution in [2.45, 2.75) is 6.92 Å². The van der Waals surface area contributed by atoms with Crippen molar-refractivity contribution >= 4 is 17.5 Å². The summed E-state index contributed by atoms with van der Waals surface area (Å²) < 4.78 is 0. The lowest BCUT2D eigenvalue weighted by molar-refractivity contribution is -0.115. The smallest absolute Gasteiger partial charge is 0.251 e. The Bertz CT molecular complexity index is 889. The van der Waals surface area contributed by atoms with E-state index in [1.807, 2.05) is 19.1 Å². The second-order valence-corrected chi connectivity index (χ2v) is 5.42. The molecular weight excluding hydrogens is 318 g/mol. The van der Waals surface area contributed by atoms with Gasteiger partial charge >= 0.3 is 0 Å². The van der Waals surface area contributed by atoms with Gasteiger partial charge in [0, 0.05) is 16.8 Å². The lowest BCUT2D eigenvalue weighted by Gasteiger charge is -2.08. The highest BCUT2D eigenvalue weighted by Crippen LogP contribution is 2.19. The van der Waals surface area contributed by atoms with Crippen LogP contribution in [0.25, 0.3) is 11.4 Å². The van der Waals surface area contributed by atoms with Gasteiger partial charge in [-0.05, 0) is 31.2 Å². The van der Waals surface area contributed by atoms with Crippen LogP contribution in [0.3, 0.4) is 0 Å². The normalized spacial score (nSPS) is 10.3. The first kappa shape index (κ1) is 16.4. The number of aromatic nitrogens is 3. The topological polar surface area (TPSA) is 99.8 Å². The van der Waals surface area contributed by atoms with Gasteiger partial charge in [-0.1, -0.05) is 30.3 Å². The second-order valence-electron chi connectivity index (χ2n) is 5.42. The van der Waals surface area contributed by atoms with Gasteiger partial charge in [-0.25, -0.2) is 4.98 Å². The van der Waals surface area contributed by atoms with E-state index in [2.05, 4.69) is 25.8 Å². The maximum atomic E-state index is 12.0. The molecule has 7 heteroatoms. The number of benzene rings is 2. The minimum atomic E-state index is -0.312. The van der Waals surface area contributed by atoms with Crippen LogP contribution in [0, 0.1) is 6.92 Å². The van der Waals surface area contributed by atoms with Crippen LogP contribution >= 0.6 is 0 Å². The molecule has 3 rings (SSSR count). The molecule has 3 aromatic rings. The van der Waals surface area contributed by atoms with Crippen LogP contribution in [0.1, 0.15) is 16.2 Å². The van der Waals surface area contributed by atoms with Crippen molar-refractivity contribution in [3.8, 4) is 11.4 Å². The Morgan fingerprint density at radius 3 is 2.60 bits per heavy atom. The summed E-state index contributed by atoms with van der Waals surface area (Å²) >= 11 is 0. The molecule has 126 valence electrons. The third-order valence-corrected chi connectivity index (χ3v) is 3.45. The van der Waals surface area contributed by atoms with Gasteiger partial charge in [-0.2, -0.15) is 5.10 Å². The maximum Gasteiger partial charge on any atom is 0.251 e. The summed E-state index contributed by atoms with van der Waals surface area (Å²) in [5.74, 6) is 0.673. The van der Waals surface area contributed by atoms with Crippen molar-refractivity contribution in [3.05, 3.63) is 66.0 Å². The van der Waals surface area contributed by atoms with E-state index in [4.69, 9.17) is 0 Å². The second kappa shape index (κ2) is 7.39. The molecule has 1 aromatic heterocycles. The highest BCUT2D eigenvalue weighted by Gasteiger charge is 2.09. The molecule has 0 aliphatic heterocycles. The number of H-pyrrole nitrogens is 1. The van der Waals surface area contributed by atoms with Gasteiger partial charge < -0.3 is 10.6 Å². The molecule has 0 bridgehead atoms. The Hall–Kier alpha value is -3.48. The highest BCUT2D eigenvalue weighted by atomic mass is 16.2. The van der Waals surface area contributed by atoms with Gasteiger partial charge in [-0.3, -0.25) is 14.7 Å². The van der Waals surface area contributed by atoms with Crippen LogP contribution < -0.4 is 10.6 Å². The molecule has 0 atom stereocenters. The maximum absolute atomic E-state index is 12.0. The number of carbonyl (C=O) groups excluding carboxylic acids is 2. The van der Waals surface area contributed by atoms with Crippen molar-refractivity contribution in [2.24, 2.45) is 0 Å². The van der Waals surface area contributed by atoms with Crippen molar-refractivity contribution in [1.29, 1.82) is 0 Å². The Balaban J connectivity index is 1.59. The summed E-state index contributed by atoms with van der Waals surface area (Å²) in [6.45, 7) is 1.70. The molecule has 0 saturated heterocycles. The number of aryl methyl sites for hydroxylation is 1. The average Bonchev–Trinajstić information content (AvgIpc) is 3.07. The number of hydrogen-bond acceptors (Lipinski definition) is 4. The van der Waals surface area contributed by atoms with Gasteiger partial charge in [0.05, 0.1) is 6.54 Å². The zero-order valence-corrected chi connectivity index (χ0v) is 13.6. The molecule has 0 aliphatic carbocycles. The first-order valence-corrected chi connectivity index (χ1v) is 7.74. The molecule has 3 N–H and O–H groups in total. The number of nitrogens with zero attached hydrogens (tertiary/aromatic N) is 2. The van der Waals surface area contributed by atoms with Crippen LogP contribution in [0.2, 0.25) is 0 Å². The molecule has 0 radical (unpaired) electrons. The molecule has 2 aromatic carbocycles. The first-order chi connectivity index (χ1) is 12.1. The SMILES string of the molecule is Cc1nc(-c2cccc(NC(=O)CNC(=O)c3ccccc3)c2)n[nH]1. The van der Waals surface area contributed by atoms with E-state index in [-0.39, 0.29) is 18.4 Å². The van der Waals surface area contributed by atoms with E-state index >= 15 is 0 Å². The number of hydrogen-bond donors (Lipinski definition) is 3. The van der Waals surface area contributed by atoms with Gasteiger partial charge in [0.2, 0.25) is 5.91 Å². The Morgan fingerprint density at radius 1 is 1.08 bits per heavy atom. The number of rotatable bonds is 5. The quantitative estimate of drug-likeness (QED) is 0.665. The molecule has 0 fully saturated rings. The van der Waals surface area contributed by atoms with Crippen molar-refractivity contribution in [1.82, 2.24) is 20.5 Å². The standard InChI is InChI=1S/C18H17N5O2/c1-12-20-17(23-22-12)14-8-5-9-15(10-14)21-16(24)11-19-18(25)13-6-3-2-4-7-13/h2-10H,11H2,1H3,(H,19,25)(H,21,24)(H,20,22,23). The van der Waals surface area contributed by atoms with Crippen LogP contribution in [0.5, 0.6) is 0 Å². The zero-order valence-electron chi connectivity index (χ0n) is 13.6. The summed E-state index contributed by atoms with van der Waals surface area (Å²) in [4.78, 5) is 28.2. The summed E-state index contributed by atoms with van der Waals surface area (Å²) in [7, 11) is 0. The molecular formula is C18H17N5O2. The largest absolute Gasteiger partial charge is 0.343 e. The molecule has 2 amide bonds. The summed E-state index contributed by atoms with van der Waals surface area (Å²) in [5, 5.41) is 12.2. The first-order valence-electron chi connectivity index (χ1n) is 7.74. The lowest BCUT2D eigenvalue weighted by Crippen LogP contribution is -2.32. The molecule has 0 spiro atoms. The third kappa shape index (κ3) is 4.29. The number of nitrogens with one attached hydrogen (secondary N) is 3. The zero-order chi connectivity index (χ0) is 17.6. The number of aromatic amines is 1. The highest BCUT2D eigenvalue weighted by molar-refractivity contribution is 5.99. The van der Waals surface area contributed by atoms with Crippen molar-refractivity contribution in [3.63, 3.8) is 0 Å². The Morgan fingerprint density at radius 2 is 1.88 bits per heavy atom. The van der Waals surface area contributed by atoms with E-state index < -0.39 is 0 Å². The van der Waals surface area contributed by atoms with Crippen LogP contribution in [0.15, 0.2) is 54.6 Å². The van der Waals surface area contributed by atoms with Crippen LogP contribution in [-0.4, -0.2) is 33.5 Å². The van der Waals surface area contributed by atoms with Gasteiger partial charge in [0.1, 0.15) is 5.82 Å². The molecule has 0 aliphatic rings. The molecule has 0 saturated carbocycles. The number of carbonyl (C=O) groups is 2. The fraction of sp³-hybridized carbons (Fsp3) is 0.111. The predicted octanol–water partition coefficient (Wildman–Crippen LogP) is 2.15. The van der Waals surface area contributed by atoms with Crippen molar-refractivity contribution < 1.29 is 9.59 Å². The molecule has 1 heterocycles. The van der Waals surface area contributed by atoms with Gasteiger partial charge in [0.15, 0.2) is 5.82 Å². The minimum Gasteiger partial charge on any atom is -0.343 e. The van der Waals surface area contributed by atoms with E-state index in [0.717, 1.165) is 5.56 Å². The monoisotopic (exact) mass is 335 g/mol. The van der Waals surface area contributed by atoms with E-state index in [0.29, 0.717) is 22.9 Å².